The minimum Gasteiger partial charge on any atom is -0.412 e. The molecular formula is C27H23F3N5O5+. The molecule has 0 unspecified atom stereocenters. The molecule has 2 amide bonds. The predicted molar refractivity (Wildman–Crippen MR) is 138 cm³/mol. The van der Waals surface area contributed by atoms with Crippen molar-refractivity contribution in [1.29, 1.82) is 0 Å². The van der Waals surface area contributed by atoms with E-state index in [1.165, 1.54) is 66.9 Å². The molecular weight excluding hydrogens is 531 g/mol. The molecule has 13 heteroatoms. The average Bonchev–Trinajstić information content (AvgIpc) is 2.93. The van der Waals surface area contributed by atoms with E-state index in [0.717, 1.165) is 5.48 Å². The summed E-state index contributed by atoms with van der Waals surface area (Å²) in [4.78, 5) is 29.3. The number of halogens is 3. The molecule has 0 saturated carbocycles. The number of ether oxygens (including phenoxy) is 1. The van der Waals surface area contributed by atoms with E-state index < -0.39 is 30.0 Å². The van der Waals surface area contributed by atoms with Crippen LogP contribution in [0.3, 0.4) is 0 Å². The van der Waals surface area contributed by atoms with Crippen molar-refractivity contribution >= 4 is 40.0 Å². The number of nitrogens with one attached hydrogen (secondary N) is 2. The number of anilines is 1. The lowest BCUT2D eigenvalue weighted by Gasteiger charge is -2.37. The van der Waals surface area contributed by atoms with E-state index >= 15 is 0 Å². The first-order valence-corrected chi connectivity index (χ1v) is 11.7. The van der Waals surface area contributed by atoms with Gasteiger partial charge in [-0.15, -0.1) is 0 Å². The molecule has 0 fully saturated rings. The molecule has 206 valence electrons. The van der Waals surface area contributed by atoms with Gasteiger partial charge in [-0.25, -0.2) is 15.4 Å². The van der Waals surface area contributed by atoms with Gasteiger partial charge in [0.05, 0.1) is 11.2 Å². The molecule has 0 aliphatic carbocycles. The Morgan fingerprint density at radius 1 is 1.02 bits per heavy atom. The number of nitrogens with two attached hydrogens (primary N) is 1. The van der Waals surface area contributed by atoms with Crippen molar-refractivity contribution in [2.24, 2.45) is 5.10 Å². The first-order chi connectivity index (χ1) is 18.7. The molecule has 0 radical (unpaired) electrons. The van der Waals surface area contributed by atoms with Gasteiger partial charge in [0.25, 0.3) is 5.91 Å². The van der Waals surface area contributed by atoms with Gasteiger partial charge in [-0.1, -0.05) is 30.3 Å². The van der Waals surface area contributed by atoms with E-state index in [4.69, 9.17) is 9.94 Å². The number of hydrazone groups is 1. The lowest BCUT2D eigenvalue weighted by atomic mass is 9.71. The fraction of sp³-hybridized carbons (Fsp3) is 0.111. The molecule has 7 N–H and O–H groups in total. The Bertz CT molecular complexity index is 1570. The molecule has 3 aromatic carbocycles. The molecule has 0 spiro atoms. The van der Waals surface area contributed by atoms with E-state index in [1.54, 1.807) is 18.2 Å². The number of hydrogen-bond acceptors (Lipinski definition) is 6. The highest BCUT2D eigenvalue weighted by molar-refractivity contribution is 6.09. The summed E-state index contributed by atoms with van der Waals surface area (Å²) in [5, 5.41) is 15.6. The van der Waals surface area contributed by atoms with Crippen LogP contribution in [-0.4, -0.2) is 39.6 Å². The van der Waals surface area contributed by atoms with Gasteiger partial charge < -0.3 is 10.2 Å². The molecule has 0 bridgehead atoms. The minimum absolute atomic E-state index is 0. The van der Waals surface area contributed by atoms with E-state index in [9.17, 15) is 22.8 Å². The van der Waals surface area contributed by atoms with E-state index in [-0.39, 0.29) is 27.9 Å². The number of quaternary nitrogens is 1. The van der Waals surface area contributed by atoms with Crippen LogP contribution < -0.4 is 21.0 Å². The van der Waals surface area contributed by atoms with Crippen LogP contribution in [0, 0.1) is 0 Å². The number of alkyl halides is 3. The molecule has 1 aliphatic rings. The number of fused-ring (bicyclic) bond motifs is 1. The molecule has 0 saturated heterocycles. The number of amides is 2. The Labute approximate surface area is 224 Å². The summed E-state index contributed by atoms with van der Waals surface area (Å²) < 4.78 is 49.5. The SMILES string of the molecule is O.O=C(Nc1ccc(C2=NNC(=O)[C@@](c3cccc4ncccc34)(C(F)(F)F)C2)cc1)Oc1ccc([NH2+]O)cc1. The van der Waals surface area contributed by atoms with Gasteiger partial charge in [0.15, 0.2) is 11.1 Å². The van der Waals surface area contributed by atoms with Crippen LogP contribution in [0.4, 0.5) is 29.3 Å². The zero-order valence-corrected chi connectivity index (χ0v) is 20.6. The van der Waals surface area contributed by atoms with Gasteiger partial charge in [0.1, 0.15) is 5.75 Å². The first kappa shape index (κ1) is 28.2. The van der Waals surface area contributed by atoms with Crippen LogP contribution in [0.25, 0.3) is 10.9 Å². The third-order valence-corrected chi connectivity index (χ3v) is 6.41. The quantitative estimate of drug-likeness (QED) is 0.220. The second kappa shape index (κ2) is 11.1. The zero-order valence-electron chi connectivity index (χ0n) is 20.6. The number of nitrogens with zero attached hydrogens (tertiary/aromatic N) is 2. The summed E-state index contributed by atoms with van der Waals surface area (Å²) in [6.45, 7) is 0. The van der Waals surface area contributed by atoms with Crippen molar-refractivity contribution in [2.75, 3.05) is 5.32 Å². The van der Waals surface area contributed by atoms with Gasteiger partial charge in [-0.3, -0.25) is 15.1 Å². The molecule has 1 atom stereocenters. The van der Waals surface area contributed by atoms with E-state index in [2.05, 4.69) is 20.8 Å². The third kappa shape index (κ3) is 5.20. The van der Waals surface area contributed by atoms with Crippen LogP contribution >= 0.6 is 0 Å². The maximum atomic E-state index is 14.8. The highest BCUT2D eigenvalue weighted by atomic mass is 19.4. The van der Waals surface area contributed by atoms with E-state index in [0.29, 0.717) is 22.5 Å². The number of hydrogen-bond donors (Lipinski definition) is 4. The monoisotopic (exact) mass is 554 g/mol. The number of rotatable bonds is 5. The van der Waals surface area contributed by atoms with Crippen LogP contribution in [0.1, 0.15) is 17.5 Å². The number of pyridine rings is 1. The van der Waals surface area contributed by atoms with Gasteiger partial charge in [0, 0.05) is 35.8 Å². The molecule has 1 aliphatic heterocycles. The minimum atomic E-state index is -4.94. The molecule has 5 rings (SSSR count). The maximum Gasteiger partial charge on any atom is 0.417 e. The summed E-state index contributed by atoms with van der Waals surface area (Å²) >= 11 is 0. The van der Waals surface area contributed by atoms with Gasteiger partial charge >= 0.3 is 12.3 Å². The summed E-state index contributed by atoms with van der Waals surface area (Å²) in [6.07, 6.45) is -4.99. The largest absolute Gasteiger partial charge is 0.417 e. The second-order valence-electron chi connectivity index (χ2n) is 8.74. The topological polar surface area (TPSA) is 161 Å². The second-order valence-corrected chi connectivity index (χ2v) is 8.74. The van der Waals surface area contributed by atoms with Crippen molar-refractivity contribution < 1.29 is 43.7 Å². The van der Waals surface area contributed by atoms with E-state index in [1.807, 2.05) is 0 Å². The predicted octanol–water partition coefficient (Wildman–Crippen LogP) is 3.33. The van der Waals surface area contributed by atoms with Gasteiger partial charge in [-0.2, -0.15) is 23.8 Å². The molecule has 2 heterocycles. The Morgan fingerprint density at radius 2 is 1.75 bits per heavy atom. The lowest BCUT2D eigenvalue weighted by molar-refractivity contribution is -0.825. The fourth-order valence-corrected chi connectivity index (χ4v) is 4.44. The van der Waals surface area contributed by atoms with Crippen molar-refractivity contribution in [3.8, 4) is 5.75 Å². The van der Waals surface area contributed by atoms with Crippen LogP contribution in [0.15, 0.2) is 90.2 Å². The smallest absolute Gasteiger partial charge is 0.412 e. The third-order valence-electron chi connectivity index (χ3n) is 6.41. The Morgan fingerprint density at radius 3 is 2.42 bits per heavy atom. The van der Waals surface area contributed by atoms with Crippen molar-refractivity contribution in [3.63, 3.8) is 0 Å². The zero-order chi connectivity index (χ0) is 27.6. The average molecular weight is 555 g/mol. The number of carbonyl (C=O) groups is 2. The normalized spacial score (nSPS) is 16.9. The standard InChI is InChI=1S/C27H20F3N5O4.H2O/c28-27(29,30)26(21-4-1-5-22-20(21)3-2-14-31-22)15-23(33-34-24(26)36)16-6-8-17(9-7-16)32-25(37)39-19-12-10-18(35-38)11-13-19;/h1-14,35,38H,15H2,(H,32,37)(H,34,36);1H2/p+1/t26-;/m1./s1. The summed E-state index contributed by atoms with van der Waals surface area (Å²) in [7, 11) is 0. The summed E-state index contributed by atoms with van der Waals surface area (Å²) in [5.41, 5.74) is 1.42. The first-order valence-electron chi connectivity index (χ1n) is 11.7. The molecule has 4 aromatic rings. The fourth-order valence-electron chi connectivity index (χ4n) is 4.44. The van der Waals surface area contributed by atoms with Crippen LogP contribution in [0.2, 0.25) is 0 Å². The Kier molecular flexibility index (Phi) is 7.81. The molecule has 1 aromatic heterocycles. The Hall–Kier alpha value is -4.85. The summed E-state index contributed by atoms with van der Waals surface area (Å²) in [5.74, 6) is -1.03. The van der Waals surface area contributed by atoms with Crippen molar-refractivity contribution in [2.45, 2.75) is 18.0 Å². The Balaban J connectivity index is 0.00000370. The highest BCUT2D eigenvalue weighted by Gasteiger charge is 2.63. The van der Waals surface area contributed by atoms with Crippen LogP contribution in [0.5, 0.6) is 5.75 Å². The summed E-state index contributed by atoms with van der Waals surface area (Å²) in [6, 6.07) is 19.4. The van der Waals surface area contributed by atoms with Crippen molar-refractivity contribution in [3.05, 3.63) is 96.2 Å². The van der Waals surface area contributed by atoms with Crippen LogP contribution in [-0.2, 0) is 10.2 Å². The lowest BCUT2D eigenvalue weighted by Crippen LogP contribution is -2.73. The van der Waals surface area contributed by atoms with Gasteiger partial charge in [0.2, 0.25) is 0 Å². The molecule has 10 nitrogen and oxygen atoms in total. The van der Waals surface area contributed by atoms with Gasteiger partial charge in [-0.05, 0) is 47.5 Å². The molecule has 40 heavy (non-hydrogen) atoms. The maximum absolute atomic E-state index is 14.8. The number of benzene rings is 3. The van der Waals surface area contributed by atoms with Crippen molar-refractivity contribution in [1.82, 2.24) is 10.4 Å². The highest BCUT2D eigenvalue weighted by Crippen LogP contribution is 2.48. The number of aromatic nitrogens is 1. The number of carbonyl (C=O) groups excluding carboxylic acids is 2.